The first kappa shape index (κ1) is 11.3. The van der Waals surface area contributed by atoms with Gasteiger partial charge >= 0.3 is 0 Å². The summed E-state index contributed by atoms with van der Waals surface area (Å²) < 4.78 is 0. The SMILES string of the molecule is CCc1cc(Sc2ccccc2)ccc1C. The molecule has 0 heterocycles. The lowest BCUT2D eigenvalue weighted by Crippen LogP contribution is -1.86. The summed E-state index contributed by atoms with van der Waals surface area (Å²) in [6, 6.07) is 17.2. The number of hydrogen-bond donors (Lipinski definition) is 0. The van der Waals surface area contributed by atoms with Crippen molar-refractivity contribution in [3.8, 4) is 0 Å². The molecule has 0 aliphatic carbocycles. The van der Waals surface area contributed by atoms with Gasteiger partial charge in [0.2, 0.25) is 0 Å². The van der Waals surface area contributed by atoms with E-state index in [1.807, 2.05) is 11.8 Å². The summed E-state index contributed by atoms with van der Waals surface area (Å²) in [5.41, 5.74) is 2.83. The van der Waals surface area contributed by atoms with Crippen LogP contribution in [0.15, 0.2) is 58.3 Å². The zero-order valence-electron chi connectivity index (χ0n) is 9.73. The monoisotopic (exact) mass is 228 g/mol. The molecule has 2 aromatic rings. The molecule has 2 rings (SSSR count). The molecular formula is C15H16S. The summed E-state index contributed by atoms with van der Waals surface area (Å²) in [5.74, 6) is 0. The summed E-state index contributed by atoms with van der Waals surface area (Å²) in [6.45, 7) is 4.38. The van der Waals surface area contributed by atoms with Crippen molar-refractivity contribution in [2.45, 2.75) is 30.1 Å². The Kier molecular flexibility index (Phi) is 3.68. The molecule has 1 heteroatoms. The normalized spacial score (nSPS) is 10.4. The van der Waals surface area contributed by atoms with Gasteiger partial charge < -0.3 is 0 Å². The highest BCUT2D eigenvalue weighted by molar-refractivity contribution is 7.99. The molecule has 0 saturated carbocycles. The van der Waals surface area contributed by atoms with Gasteiger partial charge in [0.15, 0.2) is 0 Å². The van der Waals surface area contributed by atoms with Gasteiger partial charge in [-0.3, -0.25) is 0 Å². The maximum Gasteiger partial charge on any atom is 0.0125 e. The topological polar surface area (TPSA) is 0 Å². The molecule has 0 atom stereocenters. The number of benzene rings is 2. The van der Waals surface area contributed by atoms with E-state index in [0.29, 0.717) is 0 Å². The fraction of sp³-hybridized carbons (Fsp3) is 0.200. The van der Waals surface area contributed by atoms with Crippen molar-refractivity contribution in [1.29, 1.82) is 0 Å². The van der Waals surface area contributed by atoms with Crippen molar-refractivity contribution < 1.29 is 0 Å². The van der Waals surface area contributed by atoms with Gasteiger partial charge in [-0.1, -0.05) is 43.0 Å². The van der Waals surface area contributed by atoms with Gasteiger partial charge in [-0.15, -0.1) is 0 Å². The Labute approximate surface area is 102 Å². The molecule has 16 heavy (non-hydrogen) atoms. The van der Waals surface area contributed by atoms with E-state index in [1.165, 1.54) is 20.9 Å². The van der Waals surface area contributed by atoms with Gasteiger partial charge in [0.05, 0.1) is 0 Å². The average molecular weight is 228 g/mol. The van der Waals surface area contributed by atoms with Crippen LogP contribution in [0.1, 0.15) is 18.1 Å². The van der Waals surface area contributed by atoms with Crippen LogP contribution >= 0.6 is 11.8 Å². The molecule has 0 amide bonds. The van der Waals surface area contributed by atoms with E-state index in [4.69, 9.17) is 0 Å². The highest BCUT2D eigenvalue weighted by Crippen LogP contribution is 2.28. The van der Waals surface area contributed by atoms with Gasteiger partial charge in [0, 0.05) is 9.79 Å². The number of hydrogen-bond acceptors (Lipinski definition) is 1. The van der Waals surface area contributed by atoms with E-state index in [9.17, 15) is 0 Å². The van der Waals surface area contributed by atoms with Crippen molar-refractivity contribution in [1.82, 2.24) is 0 Å². The fourth-order valence-electron chi connectivity index (χ4n) is 1.72. The predicted octanol–water partition coefficient (Wildman–Crippen LogP) is 4.71. The Morgan fingerprint density at radius 3 is 2.38 bits per heavy atom. The molecule has 0 spiro atoms. The highest BCUT2D eigenvalue weighted by Gasteiger charge is 2.00. The second kappa shape index (κ2) is 5.22. The average Bonchev–Trinajstić information content (AvgIpc) is 2.33. The Morgan fingerprint density at radius 2 is 1.69 bits per heavy atom. The third kappa shape index (κ3) is 2.67. The molecular weight excluding hydrogens is 212 g/mol. The lowest BCUT2D eigenvalue weighted by atomic mass is 10.1. The number of rotatable bonds is 3. The molecule has 0 bridgehead atoms. The smallest absolute Gasteiger partial charge is 0.0125 e. The van der Waals surface area contributed by atoms with Crippen LogP contribution in [0, 0.1) is 6.92 Å². The van der Waals surface area contributed by atoms with Crippen molar-refractivity contribution in [2.75, 3.05) is 0 Å². The van der Waals surface area contributed by atoms with Crippen LogP contribution in [-0.4, -0.2) is 0 Å². The Morgan fingerprint density at radius 1 is 0.938 bits per heavy atom. The van der Waals surface area contributed by atoms with E-state index in [-0.39, 0.29) is 0 Å². The first-order valence-electron chi connectivity index (χ1n) is 5.62. The van der Waals surface area contributed by atoms with Gasteiger partial charge in [-0.05, 0) is 48.7 Å². The zero-order valence-corrected chi connectivity index (χ0v) is 10.6. The second-order valence-electron chi connectivity index (χ2n) is 3.86. The van der Waals surface area contributed by atoms with Crippen LogP contribution in [0.2, 0.25) is 0 Å². The Hall–Kier alpha value is -1.21. The molecule has 0 aliphatic heterocycles. The zero-order chi connectivity index (χ0) is 11.4. The van der Waals surface area contributed by atoms with Crippen LogP contribution in [0.3, 0.4) is 0 Å². The molecule has 0 saturated heterocycles. The molecule has 0 radical (unpaired) electrons. The van der Waals surface area contributed by atoms with E-state index in [1.54, 1.807) is 0 Å². The first-order chi connectivity index (χ1) is 7.79. The van der Waals surface area contributed by atoms with Gasteiger partial charge in [0.1, 0.15) is 0 Å². The highest BCUT2D eigenvalue weighted by atomic mass is 32.2. The lowest BCUT2D eigenvalue weighted by Gasteiger charge is -2.06. The quantitative estimate of drug-likeness (QED) is 0.733. The Balaban J connectivity index is 2.22. The molecule has 0 aromatic heterocycles. The summed E-state index contributed by atoms with van der Waals surface area (Å²) in [4.78, 5) is 2.63. The van der Waals surface area contributed by atoms with Crippen LogP contribution in [-0.2, 0) is 6.42 Å². The van der Waals surface area contributed by atoms with Crippen molar-refractivity contribution in [3.63, 3.8) is 0 Å². The largest absolute Gasteiger partial charge is 0.0901 e. The van der Waals surface area contributed by atoms with Gasteiger partial charge in [0.25, 0.3) is 0 Å². The molecule has 0 aliphatic rings. The van der Waals surface area contributed by atoms with E-state index >= 15 is 0 Å². The molecule has 82 valence electrons. The molecule has 0 fully saturated rings. The predicted molar refractivity (Wildman–Crippen MR) is 71.1 cm³/mol. The van der Waals surface area contributed by atoms with E-state index in [2.05, 4.69) is 62.4 Å². The van der Waals surface area contributed by atoms with Crippen molar-refractivity contribution in [2.24, 2.45) is 0 Å². The molecule has 0 nitrogen and oxygen atoms in total. The summed E-state index contributed by atoms with van der Waals surface area (Å²) >= 11 is 1.83. The number of aryl methyl sites for hydroxylation is 2. The molecule has 0 unspecified atom stereocenters. The van der Waals surface area contributed by atoms with Crippen LogP contribution in [0.25, 0.3) is 0 Å². The van der Waals surface area contributed by atoms with Crippen molar-refractivity contribution in [3.05, 3.63) is 59.7 Å². The maximum absolute atomic E-state index is 2.30. The minimum Gasteiger partial charge on any atom is -0.0901 e. The third-order valence-corrected chi connectivity index (χ3v) is 3.68. The third-order valence-electron chi connectivity index (χ3n) is 2.68. The van der Waals surface area contributed by atoms with E-state index in [0.717, 1.165) is 6.42 Å². The summed E-state index contributed by atoms with van der Waals surface area (Å²) in [6.07, 6.45) is 1.11. The van der Waals surface area contributed by atoms with Crippen LogP contribution < -0.4 is 0 Å². The fourth-order valence-corrected chi connectivity index (χ4v) is 2.62. The van der Waals surface area contributed by atoms with Gasteiger partial charge in [-0.25, -0.2) is 0 Å². The van der Waals surface area contributed by atoms with Crippen molar-refractivity contribution >= 4 is 11.8 Å². The minimum absolute atomic E-state index is 1.11. The Bertz CT molecular complexity index is 460. The van der Waals surface area contributed by atoms with Crippen LogP contribution in [0.4, 0.5) is 0 Å². The molecule has 2 aromatic carbocycles. The maximum atomic E-state index is 2.30. The standard InChI is InChI=1S/C15H16S/c1-3-13-11-15(10-9-12(13)2)16-14-7-5-4-6-8-14/h4-11H,3H2,1-2H3. The summed E-state index contributed by atoms with van der Waals surface area (Å²) in [5, 5.41) is 0. The molecule has 0 N–H and O–H groups in total. The second-order valence-corrected chi connectivity index (χ2v) is 5.00. The minimum atomic E-state index is 1.11. The van der Waals surface area contributed by atoms with Crippen LogP contribution in [0.5, 0.6) is 0 Å². The first-order valence-corrected chi connectivity index (χ1v) is 6.43. The lowest BCUT2D eigenvalue weighted by molar-refractivity contribution is 1.09. The summed E-state index contributed by atoms with van der Waals surface area (Å²) in [7, 11) is 0. The van der Waals surface area contributed by atoms with E-state index < -0.39 is 0 Å². The van der Waals surface area contributed by atoms with Gasteiger partial charge in [-0.2, -0.15) is 0 Å².